The zero-order chi connectivity index (χ0) is 9.40. The highest BCUT2D eigenvalue weighted by Crippen LogP contribution is 2.15. The van der Waals surface area contributed by atoms with Gasteiger partial charge in [-0.15, -0.1) is 0 Å². The van der Waals surface area contributed by atoms with Gasteiger partial charge in [-0.3, -0.25) is 0 Å². The van der Waals surface area contributed by atoms with Gasteiger partial charge in [0.1, 0.15) is 10.5 Å². The Morgan fingerprint density at radius 3 is 2.33 bits per heavy atom. The number of unbranched alkanes of at least 4 members (excludes halogenated alkanes) is 1. The third-order valence-electron chi connectivity index (χ3n) is 2.52. The van der Waals surface area contributed by atoms with Gasteiger partial charge in [0.05, 0.1) is 0 Å². The fourth-order valence-electron chi connectivity index (χ4n) is 1.33. The molecule has 0 saturated heterocycles. The zero-order valence-corrected chi connectivity index (χ0v) is 11.1. The standard InChI is InChI=1S/C10H24OSi/c1-4-5-6-9(2)7-8-10(3)11-12/h9-10H,4-8H2,1-3,12H3. The number of hydrogen-bond acceptors (Lipinski definition) is 1. The first kappa shape index (κ1) is 12.2. The minimum atomic E-state index is 0.501. The predicted molar refractivity (Wildman–Crippen MR) is 58.4 cm³/mol. The maximum absolute atomic E-state index is 5.34. The van der Waals surface area contributed by atoms with Gasteiger partial charge >= 0.3 is 0 Å². The molecule has 2 atom stereocenters. The number of hydrogen-bond donors (Lipinski definition) is 0. The summed E-state index contributed by atoms with van der Waals surface area (Å²) in [5, 5.41) is 0. The van der Waals surface area contributed by atoms with Crippen LogP contribution in [0.5, 0.6) is 0 Å². The third-order valence-corrected chi connectivity index (χ3v) is 3.32. The van der Waals surface area contributed by atoms with Crippen LogP contribution < -0.4 is 0 Å². The first-order chi connectivity index (χ1) is 5.70. The molecule has 0 heterocycles. The topological polar surface area (TPSA) is 9.23 Å². The Balaban J connectivity index is 3.24. The van der Waals surface area contributed by atoms with Crippen LogP contribution in [0.2, 0.25) is 0 Å². The minimum Gasteiger partial charge on any atom is -0.425 e. The van der Waals surface area contributed by atoms with Crippen LogP contribution in [0.25, 0.3) is 0 Å². The van der Waals surface area contributed by atoms with Crippen molar-refractivity contribution in [2.45, 2.75) is 59.0 Å². The molecule has 0 aromatic heterocycles. The average Bonchev–Trinajstić information content (AvgIpc) is 2.10. The van der Waals surface area contributed by atoms with E-state index in [-0.39, 0.29) is 0 Å². The Kier molecular flexibility index (Phi) is 7.92. The highest BCUT2D eigenvalue weighted by Gasteiger charge is 2.04. The van der Waals surface area contributed by atoms with E-state index in [4.69, 9.17) is 4.43 Å². The van der Waals surface area contributed by atoms with Crippen LogP contribution in [0.1, 0.15) is 52.9 Å². The molecular weight excluding hydrogens is 164 g/mol. The quantitative estimate of drug-likeness (QED) is 0.557. The third kappa shape index (κ3) is 6.86. The van der Waals surface area contributed by atoms with Crippen molar-refractivity contribution in [1.29, 1.82) is 0 Å². The summed E-state index contributed by atoms with van der Waals surface area (Å²) in [7, 11) is 0.886. The van der Waals surface area contributed by atoms with Crippen molar-refractivity contribution in [3.63, 3.8) is 0 Å². The van der Waals surface area contributed by atoms with E-state index in [0.29, 0.717) is 6.10 Å². The lowest BCUT2D eigenvalue weighted by atomic mass is 9.98. The lowest BCUT2D eigenvalue weighted by molar-refractivity contribution is 0.217. The van der Waals surface area contributed by atoms with Gasteiger partial charge in [0.25, 0.3) is 0 Å². The van der Waals surface area contributed by atoms with Gasteiger partial charge in [0, 0.05) is 6.10 Å². The Labute approximate surface area is 80.4 Å². The predicted octanol–water partition coefficient (Wildman–Crippen LogP) is 2.28. The van der Waals surface area contributed by atoms with E-state index < -0.39 is 0 Å². The number of rotatable bonds is 7. The largest absolute Gasteiger partial charge is 0.425 e. The van der Waals surface area contributed by atoms with E-state index in [1.54, 1.807) is 0 Å². The minimum absolute atomic E-state index is 0.501. The fraction of sp³-hybridized carbons (Fsp3) is 1.00. The maximum atomic E-state index is 5.34. The van der Waals surface area contributed by atoms with E-state index in [1.807, 2.05) is 0 Å². The van der Waals surface area contributed by atoms with Crippen molar-refractivity contribution in [1.82, 2.24) is 0 Å². The van der Waals surface area contributed by atoms with Crippen LogP contribution in [0.3, 0.4) is 0 Å². The molecule has 0 rings (SSSR count). The monoisotopic (exact) mass is 188 g/mol. The Morgan fingerprint density at radius 1 is 1.17 bits per heavy atom. The van der Waals surface area contributed by atoms with E-state index in [0.717, 1.165) is 16.4 Å². The van der Waals surface area contributed by atoms with Gasteiger partial charge < -0.3 is 4.43 Å². The molecule has 2 heteroatoms. The highest BCUT2D eigenvalue weighted by molar-refractivity contribution is 5.98. The molecule has 0 bridgehead atoms. The molecule has 0 radical (unpaired) electrons. The Hall–Kier alpha value is 0.177. The molecule has 0 saturated carbocycles. The molecule has 0 fully saturated rings. The summed E-state index contributed by atoms with van der Waals surface area (Å²) in [5.41, 5.74) is 0. The van der Waals surface area contributed by atoms with E-state index in [2.05, 4.69) is 20.8 Å². The lowest BCUT2D eigenvalue weighted by Crippen LogP contribution is -2.07. The normalized spacial score (nSPS) is 16.2. The van der Waals surface area contributed by atoms with Crippen molar-refractivity contribution < 1.29 is 4.43 Å². The molecule has 0 amide bonds. The molecule has 0 aliphatic heterocycles. The van der Waals surface area contributed by atoms with Crippen molar-refractivity contribution in [2.75, 3.05) is 0 Å². The Bertz CT molecular complexity index is 95.8. The first-order valence-electron chi connectivity index (χ1n) is 5.23. The lowest BCUT2D eigenvalue weighted by Gasteiger charge is -2.14. The second kappa shape index (κ2) is 7.81. The van der Waals surface area contributed by atoms with Crippen LogP contribution in [0, 0.1) is 5.92 Å². The first-order valence-corrected chi connectivity index (χ1v) is 6.05. The fourth-order valence-corrected chi connectivity index (χ4v) is 1.57. The van der Waals surface area contributed by atoms with Gasteiger partial charge in [-0.25, -0.2) is 0 Å². The second-order valence-corrected chi connectivity index (χ2v) is 4.34. The van der Waals surface area contributed by atoms with Crippen LogP contribution in [-0.4, -0.2) is 16.6 Å². The summed E-state index contributed by atoms with van der Waals surface area (Å²) in [6.07, 6.45) is 7.19. The summed E-state index contributed by atoms with van der Waals surface area (Å²) in [4.78, 5) is 0. The molecule has 12 heavy (non-hydrogen) atoms. The zero-order valence-electron chi connectivity index (χ0n) is 9.10. The summed E-state index contributed by atoms with van der Waals surface area (Å²) in [6.45, 7) is 6.80. The molecule has 0 spiro atoms. The SMILES string of the molecule is CCCCC(C)CCC(C)O[SiH3]. The van der Waals surface area contributed by atoms with Crippen LogP contribution in [0.4, 0.5) is 0 Å². The molecule has 1 nitrogen and oxygen atoms in total. The summed E-state index contributed by atoms with van der Waals surface area (Å²) in [6, 6.07) is 0. The van der Waals surface area contributed by atoms with Crippen molar-refractivity contribution >= 4 is 10.5 Å². The van der Waals surface area contributed by atoms with Crippen molar-refractivity contribution in [2.24, 2.45) is 5.92 Å². The summed E-state index contributed by atoms with van der Waals surface area (Å²) >= 11 is 0. The molecule has 0 aliphatic carbocycles. The van der Waals surface area contributed by atoms with Gasteiger partial charge in [0.2, 0.25) is 0 Å². The summed E-state index contributed by atoms with van der Waals surface area (Å²) < 4.78 is 5.34. The molecule has 0 N–H and O–H groups in total. The second-order valence-electron chi connectivity index (χ2n) is 3.87. The molecule has 0 aromatic rings. The van der Waals surface area contributed by atoms with Crippen molar-refractivity contribution in [3.8, 4) is 0 Å². The highest BCUT2D eigenvalue weighted by atomic mass is 28.2. The van der Waals surface area contributed by atoms with Gasteiger partial charge in [0.15, 0.2) is 0 Å². The molecule has 0 aliphatic rings. The van der Waals surface area contributed by atoms with E-state index in [9.17, 15) is 0 Å². The van der Waals surface area contributed by atoms with Gasteiger partial charge in [-0.1, -0.05) is 33.1 Å². The summed E-state index contributed by atoms with van der Waals surface area (Å²) in [5.74, 6) is 0.893. The molecular formula is C10H24OSi. The van der Waals surface area contributed by atoms with E-state index >= 15 is 0 Å². The average molecular weight is 188 g/mol. The Morgan fingerprint density at radius 2 is 1.83 bits per heavy atom. The molecule has 0 aromatic carbocycles. The van der Waals surface area contributed by atoms with Gasteiger partial charge in [-0.2, -0.15) is 0 Å². The van der Waals surface area contributed by atoms with Crippen LogP contribution >= 0.6 is 0 Å². The maximum Gasteiger partial charge on any atom is 0.146 e. The smallest absolute Gasteiger partial charge is 0.146 e. The molecule has 74 valence electrons. The van der Waals surface area contributed by atoms with E-state index in [1.165, 1.54) is 32.1 Å². The van der Waals surface area contributed by atoms with Crippen LogP contribution in [-0.2, 0) is 4.43 Å². The van der Waals surface area contributed by atoms with Crippen LogP contribution in [0.15, 0.2) is 0 Å². The van der Waals surface area contributed by atoms with Crippen molar-refractivity contribution in [3.05, 3.63) is 0 Å². The molecule has 2 unspecified atom stereocenters. The van der Waals surface area contributed by atoms with Gasteiger partial charge in [-0.05, 0) is 25.7 Å².